The molecule has 3 rings (SSSR count). The molecule has 3 aromatic heterocycles. The minimum absolute atomic E-state index is 0.355. The van der Waals surface area contributed by atoms with E-state index in [4.69, 9.17) is 0 Å². The molecule has 0 bridgehead atoms. The van der Waals surface area contributed by atoms with Crippen LogP contribution in [-0.2, 0) is 6.54 Å². The summed E-state index contributed by atoms with van der Waals surface area (Å²) in [6.07, 6.45) is 3.51. The zero-order valence-corrected chi connectivity index (χ0v) is 8.71. The largest absolute Gasteiger partial charge is 0.364 e. The SMILES string of the molecule is O=c1[nH]nc2ccc(NCc3cn[nH]c3)nn12. The topological polar surface area (TPSA) is 104 Å². The van der Waals surface area contributed by atoms with Gasteiger partial charge in [0.1, 0.15) is 5.82 Å². The third-order valence-corrected chi connectivity index (χ3v) is 2.30. The summed E-state index contributed by atoms with van der Waals surface area (Å²) in [6, 6.07) is 3.47. The number of fused-ring (bicyclic) bond motifs is 1. The molecule has 0 saturated carbocycles. The van der Waals surface area contributed by atoms with Crippen molar-refractivity contribution < 1.29 is 0 Å². The van der Waals surface area contributed by atoms with Crippen LogP contribution in [0.25, 0.3) is 5.65 Å². The van der Waals surface area contributed by atoms with Gasteiger partial charge in [0.25, 0.3) is 0 Å². The summed E-state index contributed by atoms with van der Waals surface area (Å²) >= 11 is 0. The lowest BCUT2D eigenvalue weighted by Gasteiger charge is -2.02. The Hall–Kier alpha value is -2.64. The van der Waals surface area contributed by atoms with Crippen LogP contribution in [0.3, 0.4) is 0 Å². The average Bonchev–Trinajstić information content (AvgIpc) is 2.97. The molecule has 0 amide bonds. The minimum Gasteiger partial charge on any atom is -0.364 e. The third-order valence-electron chi connectivity index (χ3n) is 2.30. The summed E-state index contributed by atoms with van der Waals surface area (Å²) in [4.78, 5) is 11.3. The summed E-state index contributed by atoms with van der Waals surface area (Å²) in [6.45, 7) is 0.585. The Morgan fingerprint density at radius 3 is 3.18 bits per heavy atom. The van der Waals surface area contributed by atoms with Gasteiger partial charge in [0.05, 0.1) is 6.20 Å². The van der Waals surface area contributed by atoms with E-state index >= 15 is 0 Å². The summed E-state index contributed by atoms with van der Waals surface area (Å²) in [5.74, 6) is 0.599. The minimum atomic E-state index is -0.355. The number of hydrogen-bond donors (Lipinski definition) is 3. The fraction of sp³-hybridized carbons (Fsp3) is 0.111. The molecular formula is C9H9N7O. The first-order chi connectivity index (χ1) is 8.33. The van der Waals surface area contributed by atoms with Gasteiger partial charge in [-0.15, -0.1) is 5.10 Å². The van der Waals surface area contributed by atoms with Crippen LogP contribution in [-0.4, -0.2) is 30.0 Å². The molecule has 0 saturated heterocycles. The number of nitrogens with zero attached hydrogens (tertiary/aromatic N) is 4. The molecule has 8 nitrogen and oxygen atoms in total. The molecule has 0 unspecified atom stereocenters. The quantitative estimate of drug-likeness (QED) is 0.576. The molecule has 0 aliphatic rings. The molecule has 0 aliphatic heterocycles. The fourth-order valence-corrected chi connectivity index (χ4v) is 1.46. The molecule has 0 fully saturated rings. The smallest absolute Gasteiger partial charge is 0.364 e. The van der Waals surface area contributed by atoms with E-state index in [-0.39, 0.29) is 5.69 Å². The van der Waals surface area contributed by atoms with E-state index in [1.807, 2.05) is 0 Å². The van der Waals surface area contributed by atoms with Gasteiger partial charge in [-0.25, -0.2) is 9.89 Å². The maximum atomic E-state index is 11.3. The highest BCUT2D eigenvalue weighted by molar-refractivity contribution is 5.43. The van der Waals surface area contributed by atoms with Crippen molar-refractivity contribution in [2.24, 2.45) is 0 Å². The highest BCUT2D eigenvalue weighted by Gasteiger charge is 2.02. The Bertz CT molecular complexity index is 681. The monoisotopic (exact) mass is 231 g/mol. The summed E-state index contributed by atoms with van der Waals surface area (Å²) < 4.78 is 1.21. The lowest BCUT2D eigenvalue weighted by atomic mass is 10.3. The second-order valence-electron chi connectivity index (χ2n) is 3.48. The molecule has 8 heteroatoms. The van der Waals surface area contributed by atoms with E-state index in [0.29, 0.717) is 18.0 Å². The van der Waals surface area contributed by atoms with Crippen molar-refractivity contribution in [2.75, 3.05) is 5.32 Å². The predicted molar refractivity (Wildman–Crippen MR) is 59.5 cm³/mol. The second kappa shape index (κ2) is 3.74. The van der Waals surface area contributed by atoms with Crippen molar-refractivity contribution in [1.82, 2.24) is 30.0 Å². The highest BCUT2D eigenvalue weighted by atomic mass is 16.2. The Kier molecular flexibility index (Phi) is 2.11. The maximum absolute atomic E-state index is 11.3. The number of hydrogen-bond acceptors (Lipinski definition) is 5. The molecule has 0 aromatic carbocycles. The van der Waals surface area contributed by atoms with Gasteiger partial charge in [0.15, 0.2) is 5.65 Å². The Labute approximate surface area is 94.7 Å². The molecular weight excluding hydrogens is 222 g/mol. The van der Waals surface area contributed by atoms with Crippen LogP contribution in [0.15, 0.2) is 29.3 Å². The normalized spacial score (nSPS) is 10.8. The molecule has 3 N–H and O–H groups in total. The van der Waals surface area contributed by atoms with Crippen LogP contribution < -0.4 is 11.0 Å². The molecule has 0 atom stereocenters. The van der Waals surface area contributed by atoms with Gasteiger partial charge in [-0.2, -0.15) is 14.7 Å². The number of aromatic nitrogens is 6. The summed E-state index contributed by atoms with van der Waals surface area (Å²) in [5, 5.41) is 19.9. The molecule has 0 radical (unpaired) electrons. The standard InChI is InChI=1S/C9H9N7O/c17-9-14-13-8-2-1-7(15-16(8)9)10-3-6-4-11-12-5-6/h1-2,4-5H,3H2,(H,10,15)(H,11,12)(H,14,17). The molecule has 17 heavy (non-hydrogen) atoms. The van der Waals surface area contributed by atoms with E-state index in [1.54, 1.807) is 24.5 Å². The molecule has 86 valence electrons. The van der Waals surface area contributed by atoms with Gasteiger partial charge in [0.2, 0.25) is 0 Å². The summed E-state index contributed by atoms with van der Waals surface area (Å²) in [7, 11) is 0. The Balaban J connectivity index is 1.85. The number of H-pyrrole nitrogens is 2. The lowest BCUT2D eigenvalue weighted by Crippen LogP contribution is -2.13. The van der Waals surface area contributed by atoms with E-state index in [0.717, 1.165) is 5.56 Å². The summed E-state index contributed by atoms with van der Waals surface area (Å²) in [5.41, 5.74) is 1.14. The van der Waals surface area contributed by atoms with Crippen molar-refractivity contribution in [2.45, 2.75) is 6.54 Å². The van der Waals surface area contributed by atoms with E-state index < -0.39 is 0 Å². The number of nitrogens with one attached hydrogen (secondary N) is 3. The third kappa shape index (κ3) is 1.75. The molecule has 3 heterocycles. The zero-order valence-electron chi connectivity index (χ0n) is 8.71. The van der Waals surface area contributed by atoms with Gasteiger partial charge in [-0.3, -0.25) is 5.10 Å². The van der Waals surface area contributed by atoms with Crippen LogP contribution in [0, 0.1) is 0 Å². The number of anilines is 1. The van der Waals surface area contributed by atoms with Gasteiger partial charge < -0.3 is 5.32 Å². The van der Waals surface area contributed by atoms with Crippen LogP contribution in [0.4, 0.5) is 5.82 Å². The van der Waals surface area contributed by atoms with Gasteiger partial charge in [0, 0.05) is 18.3 Å². The lowest BCUT2D eigenvalue weighted by molar-refractivity contribution is 0.875. The first kappa shape index (κ1) is 9.58. The number of aromatic amines is 2. The first-order valence-corrected chi connectivity index (χ1v) is 4.99. The van der Waals surface area contributed by atoms with Crippen LogP contribution in [0.2, 0.25) is 0 Å². The van der Waals surface area contributed by atoms with Crippen molar-refractivity contribution in [3.05, 3.63) is 40.6 Å². The van der Waals surface area contributed by atoms with Crippen molar-refractivity contribution >= 4 is 11.5 Å². The first-order valence-electron chi connectivity index (χ1n) is 4.99. The van der Waals surface area contributed by atoms with E-state index in [1.165, 1.54) is 4.52 Å². The molecule has 0 aliphatic carbocycles. The second-order valence-corrected chi connectivity index (χ2v) is 3.48. The van der Waals surface area contributed by atoms with Crippen LogP contribution >= 0.6 is 0 Å². The van der Waals surface area contributed by atoms with Gasteiger partial charge >= 0.3 is 5.69 Å². The van der Waals surface area contributed by atoms with Crippen LogP contribution in [0.5, 0.6) is 0 Å². The Morgan fingerprint density at radius 2 is 2.35 bits per heavy atom. The zero-order chi connectivity index (χ0) is 11.7. The van der Waals surface area contributed by atoms with Gasteiger partial charge in [-0.1, -0.05) is 0 Å². The van der Waals surface area contributed by atoms with Crippen LogP contribution in [0.1, 0.15) is 5.56 Å². The molecule has 0 spiro atoms. The van der Waals surface area contributed by atoms with Gasteiger partial charge in [-0.05, 0) is 12.1 Å². The van der Waals surface area contributed by atoms with Crippen molar-refractivity contribution in [1.29, 1.82) is 0 Å². The Morgan fingerprint density at radius 1 is 1.41 bits per heavy atom. The van der Waals surface area contributed by atoms with E-state index in [2.05, 4.69) is 30.8 Å². The maximum Gasteiger partial charge on any atom is 0.364 e. The predicted octanol–water partition coefficient (Wildman–Crippen LogP) is -0.247. The molecule has 3 aromatic rings. The highest BCUT2D eigenvalue weighted by Crippen LogP contribution is 2.05. The van der Waals surface area contributed by atoms with Crippen molar-refractivity contribution in [3.8, 4) is 0 Å². The van der Waals surface area contributed by atoms with Crippen molar-refractivity contribution in [3.63, 3.8) is 0 Å². The average molecular weight is 231 g/mol. The number of rotatable bonds is 3. The van der Waals surface area contributed by atoms with E-state index in [9.17, 15) is 4.79 Å². The fourth-order valence-electron chi connectivity index (χ4n) is 1.46.